The summed E-state index contributed by atoms with van der Waals surface area (Å²) in [5.41, 5.74) is 0. The average Bonchev–Trinajstić information content (AvgIpc) is 2.34. The molecule has 0 saturated carbocycles. The second kappa shape index (κ2) is 7.01. The Bertz CT molecular complexity index is 705. The van der Waals surface area contributed by atoms with Gasteiger partial charge in [-0.15, -0.1) is 0 Å². The van der Waals surface area contributed by atoms with Crippen LogP contribution in [0.4, 0.5) is 4.39 Å². The van der Waals surface area contributed by atoms with Crippen LogP contribution in [0.1, 0.15) is 13.8 Å². The number of hydrogen-bond donors (Lipinski definition) is 1. The fraction of sp³-hybridized carbons (Fsp3) is 0.455. The molecule has 120 valence electrons. The highest BCUT2D eigenvalue weighted by Crippen LogP contribution is 2.21. The minimum Gasteiger partial charge on any atom is -0.380 e. The first-order chi connectivity index (χ1) is 9.58. The van der Waals surface area contributed by atoms with Crippen molar-refractivity contribution in [2.75, 3.05) is 13.2 Å². The van der Waals surface area contributed by atoms with Crippen molar-refractivity contribution in [3.63, 3.8) is 0 Å². The van der Waals surface area contributed by atoms with Crippen LogP contribution in [-0.2, 0) is 23.8 Å². The second-order valence-corrected chi connectivity index (χ2v) is 8.46. The van der Waals surface area contributed by atoms with Crippen molar-refractivity contribution in [3.05, 3.63) is 24.0 Å². The molecule has 0 heterocycles. The van der Waals surface area contributed by atoms with Crippen LogP contribution in [0.25, 0.3) is 0 Å². The van der Waals surface area contributed by atoms with Crippen molar-refractivity contribution in [1.29, 1.82) is 0 Å². The van der Waals surface area contributed by atoms with Crippen molar-refractivity contribution < 1.29 is 26.0 Å². The fourth-order valence-electron chi connectivity index (χ4n) is 1.51. The highest BCUT2D eigenvalue weighted by molar-refractivity contribution is 8.13. The van der Waals surface area contributed by atoms with Gasteiger partial charge in [-0.2, -0.15) is 0 Å². The molecule has 0 aliphatic rings. The van der Waals surface area contributed by atoms with Crippen LogP contribution in [0.2, 0.25) is 0 Å². The lowest BCUT2D eigenvalue weighted by atomic mass is 10.3. The molecule has 6 nitrogen and oxygen atoms in total. The predicted octanol–water partition coefficient (Wildman–Crippen LogP) is 1.46. The van der Waals surface area contributed by atoms with Crippen LogP contribution in [0.15, 0.2) is 28.0 Å². The van der Waals surface area contributed by atoms with E-state index in [1.807, 2.05) is 0 Å². The largest absolute Gasteiger partial charge is 0.380 e. The normalized spacial score (nSPS) is 14.1. The Balaban J connectivity index is 3.05. The summed E-state index contributed by atoms with van der Waals surface area (Å²) in [6, 6.07) is 1.77. The quantitative estimate of drug-likeness (QED) is 0.744. The Morgan fingerprint density at radius 3 is 2.43 bits per heavy atom. The summed E-state index contributed by atoms with van der Waals surface area (Å²) < 4.78 is 67.2. The van der Waals surface area contributed by atoms with Gasteiger partial charge in [0.05, 0.1) is 11.5 Å². The van der Waals surface area contributed by atoms with Gasteiger partial charge in [0, 0.05) is 23.3 Å². The van der Waals surface area contributed by atoms with Crippen molar-refractivity contribution in [3.8, 4) is 0 Å². The van der Waals surface area contributed by atoms with Gasteiger partial charge < -0.3 is 4.74 Å². The number of hydrogen-bond acceptors (Lipinski definition) is 5. The van der Waals surface area contributed by atoms with E-state index in [2.05, 4.69) is 4.72 Å². The first kappa shape index (κ1) is 18.3. The lowest BCUT2D eigenvalue weighted by molar-refractivity contribution is 0.133. The highest BCUT2D eigenvalue weighted by Gasteiger charge is 2.23. The van der Waals surface area contributed by atoms with Crippen LogP contribution in [0.5, 0.6) is 0 Å². The van der Waals surface area contributed by atoms with E-state index in [-0.39, 0.29) is 6.61 Å². The monoisotopic (exact) mass is 359 g/mol. The average molecular weight is 360 g/mol. The molecule has 0 bridgehead atoms. The summed E-state index contributed by atoms with van der Waals surface area (Å²) in [6.07, 6.45) is 0. The molecule has 0 amide bonds. The van der Waals surface area contributed by atoms with Crippen molar-refractivity contribution in [1.82, 2.24) is 4.72 Å². The second-order valence-electron chi connectivity index (χ2n) is 4.21. The van der Waals surface area contributed by atoms with Crippen molar-refractivity contribution in [2.24, 2.45) is 0 Å². The molecule has 0 saturated heterocycles. The third-order valence-electron chi connectivity index (χ3n) is 2.40. The number of benzene rings is 1. The molecule has 1 unspecified atom stereocenters. The number of nitrogens with one attached hydrogen (secondary N) is 1. The van der Waals surface area contributed by atoms with E-state index in [0.717, 1.165) is 12.1 Å². The van der Waals surface area contributed by atoms with Gasteiger partial charge in [-0.25, -0.2) is 25.9 Å². The topological polar surface area (TPSA) is 89.5 Å². The van der Waals surface area contributed by atoms with Crippen molar-refractivity contribution in [2.45, 2.75) is 29.7 Å². The summed E-state index contributed by atoms with van der Waals surface area (Å²) >= 11 is 0. The van der Waals surface area contributed by atoms with Gasteiger partial charge in [-0.3, -0.25) is 0 Å². The Kier molecular flexibility index (Phi) is 6.11. The molecule has 0 radical (unpaired) electrons. The Hall–Kier alpha value is -0.740. The lowest BCUT2D eigenvalue weighted by Gasteiger charge is -2.14. The molecular formula is C11H15ClFNO5S2. The number of sulfonamides is 1. The van der Waals surface area contributed by atoms with E-state index >= 15 is 0 Å². The van der Waals surface area contributed by atoms with Crippen molar-refractivity contribution >= 4 is 29.8 Å². The molecule has 0 aromatic heterocycles. The lowest BCUT2D eigenvalue weighted by Crippen LogP contribution is -2.36. The molecule has 1 N–H and O–H groups in total. The van der Waals surface area contributed by atoms with E-state index in [1.165, 1.54) is 0 Å². The molecule has 0 aliphatic heterocycles. The molecule has 0 fully saturated rings. The van der Waals surface area contributed by atoms with E-state index in [4.69, 9.17) is 15.4 Å². The maximum absolute atomic E-state index is 13.8. The molecular weight excluding hydrogens is 345 g/mol. The molecule has 1 aromatic rings. The minimum atomic E-state index is -4.13. The third kappa shape index (κ3) is 5.19. The van der Waals surface area contributed by atoms with Gasteiger partial charge in [0.2, 0.25) is 10.0 Å². The zero-order valence-corrected chi connectivity index (χ0v) is 13.7. The predicted molar refractivity (Wildman–Crippen MR) is 75.7 cm³/mol. The Morgan fingerprint density at radius 2 is 1.95 bits per heavy atom. The highest BCUT2D eigenvalue weighted by atomic mass is 35.7. The summed E-state index contributed by atoms with van der Waals surface area (Å²) in [4.78, 5) is -1.17. The van der Waals surface area contributed by atoms with E-state index in [1.54, 1.807) is 13.8 Å². The molecule has 21 heavy (non-hydrogen) atoms. The van der Waals surface area contributed by atoms with E-state index in [0.29, 0.717) is 12.7 Å². The van der Waals surface area contributed by atoms with E-state index < -0.39 is 40.7 Å². The smallest absolute Gasteiger partial charge is 0.261 e. The van der Waals surface area contributed by atoms with Gasteiger partial charge in [0.25, 0.3) is 9.05 Å². The van der Waals surface area contributed by atoms with E-state index in [9.17, 15) is 21.2 Å². The minimum absolute atomic E-state index is 0.130. The summed E-state index contributed by atoms with van der Waals surface area (Å²) in [7, 11) is -3.19. The Morgan fingerprint density at radius 1 is 1.33 bits per heavy atom. The zero-order chi connectivity index (χ0) is 16.3. The summed E-state index contributed by atoms with van der Waals surface area (Å²) in [5, 5.41) is 0. The fourth-order valence-corrected chi connectivity index (χ4v) is 3.56. The van der Waals surface area contributed by atoms with Gasteiger partial charge in [-0.05, 0) is 32.0 Å². The zero-order valence-electron chi connectivity index (χ0n) is 11.3. The van der Waals surface area contributed by atoms with Crippen LogP contribution in [0.3, 0.4) is 0 Å². The molecule has 10 heteroatoms. The van der Waals surface area contributed by atoms with Crippen LogP contribution < -0.4 is 4.72 Å². The summed E-state index contributed by atoms with van der Waals surface area (Å²) in [6.45, 7) is 3.86. The van der Waals surface area contributed by atoms with Gasteiger partial charge >= 0.3 is 0 Å². The standard InChI is InChI=1S/C11H15ClFNO5S2/c1-3-19-7-8(2)14-21(17,18)11-5-4-9(6-10(11)13)20(12,15)16/h4-6,8,14H,3,7H2,1-2H3. The van der Waals surface area contributed by atoms with Crippen LogP contribution in [-0.4, -0.2) is 36.1 Å². The van der Waals surface area contributed by atoms with Gasteiger partial charge in [0.1, 0.15) is 10.7 Å². The molecule has 0 aliphatic carbocycles. The maximum atomic E-state index is 13.8. The number of halogens is 2. The number of ether oxygens (including phenoxy) is 1. The van der Waals surface area contributed by atoms with Crippen LogP contribution in [0, 0.1) is 5.82 Å². The molecule has 1 aromatic carbocycles. The van der Waals surface area contributed by atoms with Gasteiger partial charge in [-0.1, -0.05) is 0 Å². The molecule has 1 rings (SSSR count). The molecule has 1 atom stereocenters. The molecule has 0 spiro atoms. The SMILES string of the molecule is CCOCC(C)NS(=O)(=O)c1ccc(S(=O)(=O)Cl)cc1F. The van der Waals surface area contributed by atoms with Crippen LogP contribution >= 0.6 is 10.7 Å². The maximum Gasteiger partial charge on any atom is 0.261 e. The number of rotatable bonds is 7. The first-order valence-corrected chi connectivity index (χ1v) is 9.71. The summed E-state index contributed by atoms with van der Waals surface area (Å²) in [5.74, 6) is -1.20. The third-order valence-corrected chi connectivity index (χ3v) is 5.38. The van der Waals surface area contributed by atoms with Gasteiger partial charge in [0.15, 0.2) is 0 Å². The first-order valence-electron chi connectivity index (χ1n) is 5.92. The Labute approximate surface area is 127 Å².